The predicted molar refractivity (Wildman–Crippen MR) is 110 cm³/mol. The van der Waals surface area contributed by atoms with Gasteiger partial charge < -0.3 is 15.0 Å². The van der Waals surface area contributed by atoms with Crippen molar-refractivity contribution in [3.63, 3.8) is 0 Å². The number of carbonyl (C=O) groups is 2. The van der Waals surface area contributed by atoms with Crippen LogP contribution in [0.5, 0.6) is 5.75 Å². The molecule has 0 heterocycles. The maximum atomic E-state index is 14.1. The molecule has 2 aromatic carbocycles. The second-order valence-corrected chi connectivity index (χ2v) is 7.34. The maximum absolute atomic E-state index is 14.1. The van der Waals surface area contributed by atoms with Crippen LogP contribution in [0.3, 0.4) is 0 Å². The van der Waals surface area contributed by atoms with Crippen molar-refractivity contribution in [2.75, 3.05) is 13.2 Å². The smallest absolute Gasteiger partial charge is 0.261 e. The number of rotatable bonds is 8. The minimum atomic E-state index is -0.788. The van der Waals surface area contributed by atoms with Crippen molar-refractivity contribution >= 4 is 39.3 Å². The summed E-state index contributed by atoms with van der Waals surface area (Å²) in [5, 5.41) is 3.21. The lowest BCUT2D eigenvalue weighted by atomic mass is 10.1. The lowest BCUT2D eigenvalue weighted by Gasteiger charge is -2.28. The van der Waals surface area contributed by atoms with Crippen molar-refractivity contribution in [2.45, 2.75) is 26.4 Å². The van der Waals surface area contributed by atoms with Crippen LogP contribution in [0.15, 0.2) is 46.9 Å². The zero-order valence-corrected chi connectivity index (χ0v) is 17.9. The van der Waals surface area contributed by atoms with Gasteiger partial charge in [-0.1, -0.05) is 29.8 Å². The molecule has 0 aliphatic heterocycles. The van der Waals surface area contributed by atoms with Gasteiger partial charge in [-0.05, 0) is 54.0 Å². The SMILES string of the molecule is CCNC(=O)[C@H](C)N(Cc1ccccc1F)C(=O)COc1ccc(Cl)cc1Br. The highest BCUT2D eigenvalue weighted by Gasteiger charge is 2.27. The molecule has 0 aliphatic carbocycles. The van der Waals surface area contributed by atoms with Gasteiger partial charge >= 0.3 is 0 Å². The zero-order chi connectivity index (χ0) is 20.7. The van der Waals surface area contributed by atoms with Crippen LogP contribution in [0.1, 0.15) is 19.4 Å². The van der Waals surface area contributed by atoms with E-state index in [1.165, 1.54) is 11.0 Å². The van der Waals surface area contributed by atoms with Crippen LogP contribution < -0.4 is 10.1 Å². The molecule has 0 fully saturated rings. The first-order valence-electron chi connectivity index (χ1n) is 8.72. The Kier molecular flexibility index (Phi) is 8.26. The molecule has 150 valence electrons. The van der Waals surface area contributed by atoms with Crippen LogP contribution in [-0.4, -0.2) is 35.9 Å². The molecule has 0 unspecified atom stereocenters. The number of carbonyl (C=O) groups excluding carboxylic acids is 2. The largest absolute Gasteiger partial charge is 0.483 e. The van der Waals surface area contributed by atoms with Crippen LogP contribution in [0, 0.1) is 5.82 Å². The van der Waals surface area contributed by atoms with Crippen molar-refractivity contribution in [2.24, 2.45) is 0 Å². The van der Waals surface area contributed by atoms with Crippen LogP contribution in [0.25, 0.3) is 0 Å². The fourth-order valence-electron chi connectivity index (χ4n) is 2.53. The fourth-order valence-corrected chi connectivity index (χ4v) is 3.33. The van der Waals surface area contributed by atoms with Crippen LogP contribution in [0.4, 0.5) is 4.39 Å². The summed E-state index contributed by atoms with van der Waals surface area (Å²) in [7, 11) is 0. The highest BCUT2D eigenvalue weighted by Crippen LogP contribution is 2.28. The summed E-state index contributed by atoms with van der Waals surface area (Å²) in [6, 6.07) is 10.3. The van der Waals surface area contributed by atoms with Gasteiger partial charge in [0, 0.05) is 23.7 Å². The van der Waals surface area contributed by atoms with Crippen molar-refractivity contribution in [1.29, 1.82) is 0 Å². The molecule has 8 heteroatoms. The Morgan fingerprint density at radius 1 is 1.29 bits per heavy atom. The van der Waals surface area contributed by atoms with Crippen molar-refractivity contribution in [3.8, 4) is 5.75 Å². The highest BCUT2D eigenvalue weighted by molar-refractivity contribution is 9.10. The molecule has 1 atom stereocenters. The third-order valence-corrected chi connectivity index (χ3v) is 4.92. The molecule has 2 rings (SSSR count). The van der Waals surface area contributed by atoms with Crippen molar-refractivity contribution in [3.05, 3.63) is 63.3 Å². The molecule has 5 nitrogen and oxygen atoms in total. The van der Waals surface area contributed by atoms with Crippen LogP contribution in [-0.2, 0) is 16.1 Å². The number of hydrogen-bond acceptors (Lipinski definition) is 3. The summed E-state index contributed by atoms with van der Waals surface area (Å²) in [5.74, 6) is -0.761. The summed E-state index contributed by atoms with van der Waals surface area (Å²) in [5.41, 5.74) is 0.319. The van der Waals surface area contributed by atoms with E-state index in [2.05, 4.69) is 21.2 Å². The predicted octanol–water partition coefficient (Wildman–Crippen LogP) is 4.17. The summed E-state index contributed by atoms with van der Waals surface area (Å²) in [6.45, 7) is 3.46. The second kappa shape index (κ2) is 10.4. The molecular weight excluding hydrogens is 451 g/mol. The lowest BCUT2D eigenvalue weighted by Crippen LogP contribution is -2.49. The van der Waals surface area contributed by atoms with E-state index in [-0.39, 0.29) is 19.1 Å². The van der Waals surface area contributed by atoms with E-state index >= 15 is 0 Å². The van der Waals surface area contributed by atoms with E-state index in [0.29, 0.717) is 27.4 Å². The van der Waals surface area contributed by atoms with Gasteiger partial charge in [-0.25, -0.2) is 4.39 Å². The van der Waals surface area contributed by atoms with E-state index < -0.39 is 17.8 Å². The molecule has 28 heavy (non-hydrogen) atoms. The monoisotopic (exact) mass is 470 g/mol. The Balaban J connectivity index is 2.18. The Morgan fingerprint density at radius 2 is 2.00 bits per heavy atom. The van der Waals surface area contributed by atoms with Gasteiger partial charge in [-0.15, -0.1) is 0 Å². The molecule has 2 aromatic rings. The average Bonchev–Trinajstić information content (AvgIpc) is 2.66. The lowest BCUT2D eigenvalue weighted by molar-refractivity contribution is -0.142. The molecule has 0 saturated carbocycles. The maximum Gasteiger partial charge on any atom is 0.261 e. The first-order chi connectivity index (χ1) is 13.3. The minimum Gasteiger partial charge on any atom is -0.483 e. The second-order valence-electron chi connectivity index (χ2n) is 6.05. The third kappa shape index (κ3) is 5.94. The van der Waals surface area contributed by atoms with Gasteiger partial charge in [0.2, 0.25) is 5.91 Å². The quantitative estimate of drug-likeness (QED) is 0.628. The number of halogens is 3. The summed E-state index contributed by atoms with van der Waals surface area (Å²) in [4.78, 5) is 26.4. The number of nitrogens with one attached hydrogen (secondary N) is 1. The van der Waals surface area contributed by atoms with Gasteiger partial charge in [0.25, 0.3) is 5.91 Å². The Bertz CT molecular complexity index is 850. The molecule has 0 saturated heterocycles. The Labute approximate surface area is 176 Å². The van der Waals surface area contributed by atoms with Crippen LogP contribution >= 0.6 is 27.5 Å². The van der Waals surface area contributed by atoms with Crippen LogP contribution in [0.2, 0.25) is 5.02 Å². The zero-order valence-electron chi connectivity index (χ0n) is 15.5. The van der Waals surface area contributed by atoms with Gasteiger partial charge in [0.1, 0.15) is 17.6 Å². The summed E-state index contributed by atoms with van der Waals surface area (Å²) in [6.07, 6.45) is 0. The number of amides is 2. The standard InChI is InChI=1S/C20H21BrClFN2O3/c1-3-24-20(27)13(2)25(11-14-6-4-5-7-17(14)23)19(26)12-28-18-9-8-15(22)10-16(18)21/h4-10,13H,3,11-12H2,1-2H3,(H,24,27)/t13-/m0/s1. The summed E-state index contributed by atoms with van der Waals surface area (Å²) >= 11 is 9.22. The topological polar surface area (TPSA) is 58.6 Å². The highest BCUT2D eigenvalue weighted by atomic mass is 79.9. The van der Waals surface area contributed by atoms with Crippen molar-refractivity contribution < 1.29 is 18.7 Å². The molecular formula is C20H21BrClFN2O3. The number of benzene rings is 2. The van der Waals surface area contributed by atoms with E-state index in [1.807, 2.05) is 0 Å². The van der Waals surface area contributed by atoms with E-state index in [9.17, 15) is 14.0 Å². The van der Waals surface area contributed by atoms with Gasteiger partial charge in [-0.3, -0.25) is 9.59 Å². The molecule has 1 N–H and O–H groups in total. The number of hydrogen-bond donors (Lipinski definition) is 1. The molecule has 0 radical (unpaired) electrons. The third-order valence-electron chi connectivity index (χ3n) is 4.06. The van der Waals surface area contributed by atoms with Gasteiger partial charge in [0.05, 0.1) is 4.47 Å². The summed E-state index contributed by atoms with van der Waals surface area (Å²) < 4.78 is 20.3. The molecule has 0 aliphatic rings. The van der Waals surface area contributed by atoms with E-state index in [0.717, 1.165) is 0 Å². The number of nitrogens with zero attached hydrogens (tertiary/aromatic N) is 1. The molecule has 0 aromatic heterocycles. The van der Waals surface area contributed by atoms with Gasteiger partial charge in [-0.2, -0.15) is 0 Å². The minimum absolute atomic E-state index is 0.0467. The van der Waals surface area contributed by atoms with Crippen molar-refractivity contribution in [1.82, 2.24) is 10.2 Å². The van der Waals surface area contributed by atoms with E-state index in [4.69, 9.17) is 16.3 Å². The molecule has 0 bridgehead atoms. The fraction of sp³-hybridized carbons (Fsp3) is 0.300. The van der Waals surface area contributed by atoms with E-state index in [1.54, 1.807) is 50.2 Å². The first-order valence-corrected chi connectivity index (χ1v) is 9.89. The number of likely N-dealkylation sites (N-methyl/N-ethyl adjacent to an activating group) is 1. The van der Waals surface area contributed by atoms with Gasteiger partial charge in [0.15, 0.2) is 6.61 Å². The number of ether oxygens (including phenoxy) is 1. The normalized spacial score (nSPS) is 11.6. The Hall–Kier alpha value is -2.12. The Morgan fingerprint density at radius 3 is 2.64 bits per heavy atom. The first kappa shape index (κ1) is 22.2. The molecule has 0 spiro atoms. The average molecular weight is 472 g/mol. The molecule has 2 amide bonds.